The Morgan fingerprint density at radius 3 is 2.47 bits per heavy atom. The van der Waals surface area contributed by atoms with Crippen LogP contribution in [0.4, 0.5) is 13.2 Å². The van der Waals surface area contributed by atoms with Crippen molar-refractivity contribution in [2.75, 3.05) is 5.75 Å². The van der Waals surface area contributed by atoms with Gasteiger partial charge in [0.15, 0.2) is 11.5 Å². The highest BCUT2D eigenvalue weighted by molar-refractivity contribution is 8.00. The zero-order valence-electron chi connectivity index (χ0n) is 14.7. The number of carboxylic acid groups (broad SMARTS) is 1. The number of nitrogens with one attached hydrogen (secondary N) is 1. The molecule has 2 atom stereocenters. The van der Waals surface area contributed by atoms with Gasteiger partial charge in [0.1, 0.15) is 11.4 Å². The number of amides is 2. The lowest BCUT2D eigenvalue weighted by Gasteiger charge is -2.48. The maximum Gasteiger partial charge on any atom is 0.534 e. The van der Waals surface area contributed by atoms with Crippen LogP contribution in [0.5, 0.6) is 0 Å². The number of nitrogens with zero attached hydrogens (tertiary/aromatic N) is 1. The van der Waals surface area contributed by atoms with E-state index in [2.05, 4.69) is 9.50 Å². The molecule has 0 bridgehead atoms. The van der Waals surface area contributed by atoms with Gasteiger partial charge in [-0.2, -0.15) is 21.6 Å². The molecule has 2 aliphatic rings. The fourth-order valence-electron chi connectivity index (χ4n) is 2.84. The van der Waals surface area contributed by atoms with Crippen LogP contribution in [0.25, 0.3) is 0 Å². The number of hydrogen-bond acceptors (Lipinski definition) is 7. The largest absolute Gasteiger partial charge is 0.534 e. The summed E-state index contributed by atoms with van der Waals surface area (Å²) in [5, 5.41) is 10.8. The normalized spacial score (nSPS) is 21.6. The summed E-state index contributed by atoms with van der Waals surface area (Å²) in [5.41, 5.74) is -6.10. The number of aliphatic carboxylic acids is 1. The van der Waals surface area contributed by atoms with Crippen molar-refractivity contribution >= 4 is 39.7 Å². The van der Waals surface area contributed by atoms with E-state index in [9.17, 15) is 41.1 Å². The highest BCUT2D eigenvalue weighted by atomic mass is 32.2. The Morgan fingerprint density at radius 1 is 1.27 bits per heavy atom. The fraction of sp³-hybridized carbons (Fsp3) is 0.312. The number of benzene rings is 1. The maximum atomic E-state index is 12.5. The van der Waals surface area contributed by atoms with E-state index in [0.29, 0.717) is 10.5 Å². The molecule has 0 aromatic heterocycles. The number of carbonyl (C=O) groups is 3. The number of alkyl halides is 3. The first-order valence-electron chi connectivity index (χ1n) is 8.17. The summed E-state index contributed by atoms with van der Waals surface area (Å²) in [6, 6.07) is 7.47. The van der Waals surface area contributed by atoms with Crippen molar-refractivity contribution in [2.45, 2.75) is 23.3 Å². The Balaban J connectivity index is 1.76. The van der Waals surface area contributed by atoms with Gasteiger partial charge >= 0.3 is 21.6 Å². The molecule has 30 heavy (non-hydrogen) atoms. The topological polar surface area (TPSA) is 130 Å². The van der Waals surface area contributed by atoms with E-state index < -0.39 is 62.0 Å². The summed E-state index contributed by atoms with van der Waals surface area (Å²) in [5.74, 6) is -4.84. The molecule has 1 fully saturated rings. The summed E-state index contributed by atoms with van der Waals surface area (Å²) >= 11 is 0.766. The Morgan fingerprint density at radius 2 is 1.90 bits per heavy atom. The molecule has 9 nitrogen and oxygen atoms in total. The maximum absolute atomic E-state index is 12.5. The van der Waals surface area contributed by atoms with Gasteiger partial charge in [0.25, 0.3) is 5.91 Å². The number of thioether (sulfide) groups is 1. The van der Waals surface area contributed by atoms with Gasteiger partial charge in [0.2, 0.25) is 5.91 Å². The van der Waals surface area contributed by atoms with Crippen molar-refractivity contribution in [3.63, 3.8) is 0 Å². The number of rotatable bonds is 6. The second-order valence-corrected chi connectivity index (χ2v) is 8.82. The van der Waals surface area contributed by atoms with Gasteiger partial charge in [-0.1, -0.05) is 30.3 Å². The number of β-lactam (4-membered cyclic amide) rings is 1. The van der Waals surface area contributed by atoms with E-state index in [4.69, 9.17) is 0 Å². The minimum atomic E-state index is -6.11. The third kappa shape index (κ3) is 4.09. The first-order chi connectivity index (χ1) is 13.9. The van der Waals surface area contributed by atoms with Crippen LogP contribution < -0.4 is 5.32 Å². The Kier molecular flexibility index (Phi) is 5.73. The molecule has 2 N–H and O–H groups in total. The molecule has 14 heteroatoms. The number of hydrogen-bond donors (Lipinski definition) is 2. The van der Waals surface area contributed by atoms with Gasteiger partial charge in [-0.25, -0.2) is 4.79 Å². The molecule has 0 radical (unpaired) electrons. The Labute approximate surface area is 172 Å². The molecule has 162 valence electrons. The summed E-state index contributed by atoms with van der Waals surface area (Å²) in [4.78, 5) is 36.6. The molecule has 3 rings (SSSR count). The average Bonchev–Trinajstić information content (AvgIpc) is 2.65. The van der Waals surface area contributed by atoms with Crippen molar-refractivity contribution in [1.82, 2.24) is 10.2 Å². The zero-order valence-corrected chi connectivity index (χ0v) is 16.4. The highest BCUT2D eigenvalue weighted by Crippen LogP contribution is 2.42. The third-order valence-corrected chi connectivity index (χ3v) is 6.39. The zero-order chi connectivity index (χ0) is 22.3. The average molecular weight is 466 g/mol. The van der Waals surface area contributed by atoms with Crippen molar-refractivity contribution in [3.8, 4) is 0 Å². The van der Waals surface area contributed by atoms with Crippen molar-refractivity contribution in [1.29, 1.82) is 0 Å². The lowest BCUT2D eigenvalue weighted by Crippen LogP contribution is -2.70. The van der Waals surface area contributed by atoms with Crippen LogP contribution >= 0.6 is 11.8 Å². The van der Waals surface area contributed by atoms with Crippen molar-refractivity contribution < 1.29 is 45.3 Å². The molecule has 1 saturated heterocycles. The standard InChI is InChI=1S/C16H13F3N2O7S2/c17-16(18,19)30(26,27)28-9-7-29-14-11(13(23)21(14)12(9)15(24)25)20-10(22)6-8-4-2-1-3-5-8/h1-5,11,14H,6-7H2,(H,20,22)(H,24,25)/t11-,14-/m1/s1. The minimum Gasteiger partial charge on any atom is -0.476 e. The lowest BCUT2D eigenvalue weighted by molar-refractivity contribution is -0.151. The highest BCUT2D eigenvalue weighted by Gasteiger charge is 2.56. The third-order valence-electron chi connectivity index (χ3n) is 4.15. The summed E-state index contributed by atoms with van der Waals surface area (Å²) < 4.78 is 64.0. The molecule has 1 aromatic rings. The van der Waals surface area contributed by atoms with Gasteiger partial charge in [-0.3, -0.25) is 14.5 Å². The quantitative estimate of drug-likeness (QED) is 0.358. The van der Waals surface area contributed by atoms with E-state index in [1.54, 1.807) is 30.3 Å². The van der Waals surface area contributed by atoms with Crippen LogP contribution in [0.3, 0.4) is 0 Å². The van der Waals surface area contributed by atoms with E-state index in [1.807, 2.05) is 0 Å². The van der Waals surface area contributed by atoms with Crippen molar-refractivity contribution in [2.24, 2.45) is 0 Å². The molecule has 0 aliphatic carbocycles. The van der Waals surface area contributed by atoms with E-state index in [0.717, 1.165) is 11.8 Å². The number of halogens is 3. The second kappa shape index (κ2) is 7.83. The summed E-state index contributed by atoms with van der Waals surface area (Å²) in [7, 11) is -6.11. The number of carboxylic acids is 1. The van der Waals surface area contributed by atoms with Gasteiger partial charge < -0.3 is 14.6 Å². The molecule has 1 aromatic carbocycles. The summed E-state index contributed by atoms with van der Waals surface area (Å²) in [6.07, 6.45) is -0.0399. The smallest absolute Gasteiger partial charge is 0.476 e. The lowest BCUT2D eigenvalue weighted by atomic mass is 10.0. The van der Waals surface area contributed by atoms with Crippen molar-refractivity contribution in [3.05, 3.63) is 47.4 Å². The first kappa shape index (κ1) is 22.0. The van der Waals surface area contributed by atoms with Crippen LogP contribution in [0.2, 0.25) is 0 Å². The monoisotopic (exact) mass is 466 g/mol. The molecule has 0 spiro atoms. The van der Waals surface area contributed by atoms with Gasteiger partial charge in [-0.15, -0.1) is 11.8 Å². The molecule has 0 unspecified atom stereocenters. The van der Waals surface area contributed by atoms with Gasteiger partial charge in [-0.05, 0) is 5.56 Å². The summed E-state index contributed by atoms with van der Waals surface area (Å²) in [6.45, 7) is 0. The van der Waals surface area contributed by atoms with Crippen LogP contribution in [-0.2, 0) is 35.1 Å². The second-order valence-electron chi connectivity index (χ2n) is 6.18. The molecular formula is C16H13F3N2O7S2. The van der Waals surface area contributed by atoms with E-state index >= 15 is 0 Å². The number of carbonyl (C=O) groups excluding carboxylic acids is 2. The van der Waals surface area contributed by atoms with E-state index in [1.165, 1.54) is 0 Å². The Bertz CT molecular complexity index is 1030. The van der Waals surface area contributed by atoms with Crippen LogP contribution in [-0.4, -0.2) is 58.9 Å². The predicted molar refractivity (Wildman–Crippen MR) is 95.9 cm³/mol. The van der Waals surface area contributed by atoms with Crippen LogP contribution in [0, 0.1) is 0 Å². The van der Waals surface area contributed by atoms with Crippen LogP contribution in [0.15, 0.2) is 41.8 Å². The van der Waals surface area contributed by atoms with Crippen LogP contribution in [0.1, 0.15) is 5.56 Å². The molecule has 2 amide bonds. The number of fused-ring (bicyclic) bond motifs is 1. The van der Waals surface area contributed by atoms with Gasteiger partial charge in [0, 0.05) is 0 Å². The Hall–Kier alpha value is -2.74. The van der Waals surface area contributed by atoms with E-state index in [-0.39, 0.29) is 6.42 Å². The molecular weight excluding hydrogens is 453 g/mol. The fourth-order valence-corrected chi connectivity index (χ4v) is 4.67. The predicted octanol–water partition coefficient (Wildman–Crippen LogP) is 0.791. The van der Waals surface area contributed by atoms with Gasteiger partial charge in [0.05, 0.1) is 12.2 Å². The SMILES string of the molecule is O=C(Cc1ccccc1)N[C@@H]1C(=O)N2C(C(=O)O)=C(OS(=O)(=O)C(F)(F)F)CS[C@H]12. The molecule has 0 saturated carbocycles. The first-order valence-corrected chi connectivity index (χ1v) is 10.6. The minimum absolute atomic E-state index is 0.0399. The molecule has 2 aliphatic heterocycles. The molecule has 2 heterocycles.